The van der Waals surface area contributed by atoms with E-state index < -0.39 is 11.7 Å². The lowest BCUT2D eigenvalue weighted by molar-refractivity contribution is -0.133. The molecule has 1 fully saturated rings. The maximum absolute atomic E-state index is 12.5. The molecule has 2 aromatic carbocycles. The molecule has 1 saturated heterocycles. The molecule has 0 spiro atoms. The smallest absolute Gasteiger partial charge is 0.298 e. The van der Waals surface area contributed by atoms with Gasteiger partial charge in [0.15, 0.2) is 5.76 Å². The number of amides is 1. The monoisotopic (exact) mass is 349 g/mol. The third kappa shape index (κ3) is 3.26. The van der Waals surface area contributed by atoms with Crippen LogP contribution in [0.15, 0.2) is 65.3 Å². The molecule has 0 saturated carbocycles. The van der Waals surface area contributed by atoms with Crippen LogP contribution in [-0.4, -0.2) is 42.4 Å². The van der Waals surface area contributed by atoms with E-state index in [0.717, 1.165) is 0 Å². The minimum Gasteiger partial charge on any atom is -0.461 e. The predicted molar refractivity (Wildman–Crippen MR) is 97.0 cm³/mol. The van der Waals surface area contributed by atoms with Gasteiger partial charge in [-0.3, -0.25) is 9.59 Å². The highest BCUT2D eigenvalue weighted by Crippen LogP contribution is 2.22. The van der Waals surface area contributed by atoms with E-state index in [-0.39, 0.29) is 11.9 Å². The molecule has 1 amide bonds. The molecule has 0 bridgehead atoms. The summed E-state index contributed by atoms with van der Waals surface area (Å²) >= 11 is 0. The van der Waals surface area contributed by atoms with Crippen molar-refractivity contribution in [3.8, 4) is 0 Å². The fourth-order valence-corrected chi connectivity index (χ4v) is 3.40. The van der Waals surface area contributed by atoms with E-state index in [9.17, 15) is 9.59 Å². The first-order valence-corrected chi connectivity index (χ1v) is 8.68. The molecule has 26 heavy (non-hydrogen) atoms. The first-order valence-electron chi connectivity index (χ1n) is 8.68. The highest BCUT2D eigenvalue weighted by Gasteiger charge is 2.30. The number of nitrogens with zero attached hydrogens (tertiary/aromatic N) is 1. The molecule has 1 aliphatic rings. The summed E-state index contributed by atoms with van der Waals surface area (Å²) in [7, 11) is 0. The minimum absolute atomic E-state index is 0.0760. The summed E-state index contributed by atoms with van der Waals surface area (Å²) in [6, 6.07) is 17.5. The van der Waals surface area contributed by atoms with Gasteiger partial charge in [-0.2, -0.15) is 0 Å². The van der Waals surface area contributed by atoms with Crippen molar-refractivity contribution in [2.75, 3.05) is 19.7 Å². The number of benzene rings is 2. The molecular weight excluding hydrogens is 330 g/mol. The van der Waals surface area contributed by atoms with Gasteiger partial charge in [0.2, 0.25) is 0 Å². The number of ketones is 1. The Bertz CT molecular complexity index is 927. The van der Waals surface area contributed by atoms with Crippen LogP contribution >= 0.6 is 0 Å². The van der Waals surface area contributed by atoms with Crippen molar-refractivity contribution in [2.24, 2.45) is 0 Å². The fraction of sp³-hybridized carbons (Fsp3) is 0.238. The standard InChI is InChI=1S/C21H19NO4/c23-20(19-9-4-11-26-19)21(24)22-10-12-25-17(14-22)13-16-7-3-6-15-5-1-2-8-18(15)16/h1-9,11,17H,10,12-14H2. The number of Topliss-reactive ketones (excluding diaryl/α,β-unsaturated/α-hetero) is 1. The fourth-order valence-electron chi connectivity index (χ4n) is 3.40. The van der Waals surface area contributed by atoms with Crippen molar-refractivity contribution < 1.29 is 18.7 Å². The van der Waals surface area contributed by atoms with Crippen LogP contribution in [0.1, 0.15) is 16.1 Å². The first-order chi connectivity index (χ1) is 12.7. The summed E-state index contributed by atoms with van der Waals surface area (Å²) < 4.78 is 10.9. The van der Waals surface area contributed by atoms with E-state index in [1.165, 1.54) is 28.7 Å². The summed E-state index contributed by atoms with van der Waals surface area (Å²) in [6.07, 6.45) is 1.95. The van der Waals surface area contributed by atoms with Crippen molar-refractivity contribution >= 4 is 22.5 Å². The second-order valence-corrected chi connectivity index (χ2v) is 6.39. The number of fused-ring (bicyclic) bond motifs is 1. The lowest BCUT2D eigenvalue weighted by Crippen LogP contribution is -2.48. The predicted octanol–water partition coefficient (Wildman–Crippen LogP) is 3.09. The van der Waals surface area contributed by atoms with Gasteiger partial charge < -0.3 is 14.1 Å². The van der Waals surface area contributed by atoms with Crippen molar-refractivity contribution in [1.82, 2.24) is 4.90 Å². The largest absolute Gasteiger partial charge is 0.461 e. The highest BCUT2D eigenvalue weighted by molar-refractivity contribution is 6.41. The number of carbonyl (C=O) groups is 2. The van der Waals surface area contributed by atoms with Crippen LogP contribution in [0.5, 0.6) is 0 Å². The molecule has 2 heterocycles. The number of morpholine rings is 1. The Kier molecular flexibility index (Phi) is 4.54. The molecule has 1 unspecified atom stereocenters. The Morgan fingerprint density at radius 1 is 1.04 bits per heavy atom. The van der Waals surface area contributed by atoms with Crippen LogP contribution in [0.2, 0.25) is 0 Å². The lowest BCUT2D eigenvalue weighted by Gasteiger charge is -2.32. The second-order valence-electron chi connectivity index (χ2n) is 6.39. The average Bonchev–Trinajstić information content (AvgIpc) is 3.22. The molecule has 5 nitrogen and oxygen atoms in total. The maximum Gasteiger partial charge on any atom is 0.298 e. The maximum atomic E-state index is 12.5. The Morgan fingerprint density at radius 2 is 1.88 bits per heavy atom. The summed E-state index contributed by atoms with van der Waals surface area (Å²) in [4.78, 5) is 26.2. The van der Waals surface area contributed by atoms with Gasteiger partial charge in [-0.1, -0.05) is 42.5 Å². The molecule has 3 aromatic rings. The number of ether oxygens (including phenoxy) is 1. The molecule has 0 N–H and O–H groups in total. The van der Waals surface area contributed by atoms with Crippen molar-refractivity contribution in [2.45, 2.75) is 12.5 Å². The summed E-state index contributed by atoms with van der Waals surface area (Å²) in [5.74, 6) is -1.07. The van der Waals surface area contributed by atoms with Crippen LogP contribution < -0.4 is 0 Å². The molecule has 5 heteroatoms. The van der Waals surface area contributed by atoms with Crippen LogP contribution in [0.3, 0.4) is 0 Å². The molecule has 1 atom stereocenters. The quantitative estimate of drug-likeness (QED) is 0.536. The summed E-state index contributed by atoms with van der Waals surface area (Å²) in [6.45, 7) is 1.23. The number of hydrogen-bond donors (Lipinski definition) is 0. The Labute approximate surface area is 151 Å². The van der Waals surface area contributed by atoms with Crippen molar-refractivity contribution in [3.63, 3.8) is 0 Å². The topological polar surface area (TPSA) is 59.8 Å². The molecule has 4 rings (SSSR count). The SMILES string of the molecule is O=C(C(=O)N1CCOC(Cc2cccc3ccccc23)C1)c1ccco1. The second kappa shape index (κ2) is 7.14. The zero-order valence-electron chi connectivity index (χ0n) is 14.3. The van der Waals surface area contributed by atoms with Gasteiger partial charge in [0.1, 0.15) is 0 Å². The number of hydrogen-bond acceptors (Lipinski definition) is 4. The minimum atomic E-state index is -0.610. The van der Waals surface area contributed by atoms with E-state index in [4.69, 9.17) is 9.15 Å². The van der Waals surface area contributed by atoms with Gasteiger partial charge in [0.05, 0.1) is 19.0 Å². The van der Waals surface area contributed by atoms with Crippen LogP contribution in [0.4, 0.5) is 0 Å². The highest BCUT2D eigenvalue weighted by atomic mass is 16.5. The average molecular weight is 349 g/mol. The van der Waals surface area contributed by atoms with Crippen molar-refractivity contribution in [3.05, 3.63) is 72.2 Å². The zero-order valence-corrected chi connectivity index (χ0v) is 14.3. The number of furan rings is 1. The van der Waals surface area contributed by atoms with E-state index in [1.807, 2.05) is 18.2 Å². The Hall–Kier alpha value is -2.92. The van der Waals surface area contributed by atoms with Gasteiger partial charge >= 0.3 is 0 Å². The third-order valence-corrected chi connectivity index (χ3v) is 4.69. The Morgan fingerprint density at radius 3 is 2.73 bits per heavy atom. The molecule has 1 aromatic heterocycles. The van der Waals surface area contributed by atoms with Gasteiger partial charge in [-0.25, -0.2) is 0 Å². The molecule has 1 aliphatic heterocycles. The summed E-state index contributed by atoms with van der Waals surface area (Å²) in [5, 5.41) is 2.37. The van der Waals surface area contributed by atoms with E-state index in [2.05, 4.69) is 24.3 Å². The van der Waals surface area contributed by atoms with Gasteiger partial charge in [0, 0.05) is 19.5 Å². The van der Waals surface area contributed by atoms with Crippen LogP contribution in [0.25, 0.3) is 10.8 Å². The zero-order chi connectivity index (χ0) is 17.9. The molecule has 0 radical (unpaired) electrons. The summed E-state index contributed by atoms with van der Waals surface area (Å²) in [5.41, 5.74) is 1.18. The molecular formula is C21H19NO4. The van der Waals surface area contributed by atoms with Crippen molar-refractivity contribution in [1.29, 1.82) is 0 Å². The van der Waals surface area contributed by atoms with E-state index in [1.54, 1.807) is 11.0 Å². The third-order valence-electron chi connectivity index (χ3n) is 4.69. The normalized spacial score (nSPS) is 17.4. The van der Waals surface area contributed by atoms with Gasteiger partial charge in [0.25, 0.3) is 11.7 Å². The first kappa shape index (κ1) is 16.5. The molecule has 132 valence electrons. The number of rotatable bonds is 4. The van der Waals surface area contributed by atoms with Gasteiger partial charge in [-0.15, -0.1) is 0 Å². The lowest BCUT2D eigenvalue weighted by atomic mass is 9.99. The van der Waals surface area contributed by atoms with Gasteiger partial charge in [-0.05, 0) is 28.5 Å². The van der Waals surface area contributed by atoms with E-state index in [0.29, 0.717) is 26.1 Å². The number of carbonyl (C=O) groups excluding carboxylic acids is 2. The van der Waals surface area contributed by atoms with Crippen LogP contribution in [0, 0.1) is 0 Å². The van der Waals surface area contributed by atoms with E-state index >= 15 is 0 Å². The molecule has 0 aliphatic carbocycles. The Balaban J connectivity index is 1.48. The van der Waals surface area contributed by atoms with Crippen LogP contribution in [-0.2, 0) is 16.0 Å².